The van der Waals surface area contributed by atoms with Gasteiger partial charge in [-0.25, -0.2) is 4.79 Å². The number of carbonyl (C=O) groups is 1. The maximum absolute atomic E-state index is 11.1. The Morgan fingerprint density at radius 2 is 2.55 bits per heavy atom. The molecule has 0 aliphatic heterocycles. The van der Waals surface area contributed by atoms with E-state index in [9.17, 15) is 4.79 Å². The van der Waals surface area contributed by atoms with Gasteiger partial charge in [0.1, 0.15) is 0 Å². The van der Waals surface area contributed by atoms with Crippen LogP contribution in [0, 0.1) is 6.92 Å². The summed E-state index contributed by atoms with van der Waals surface area (Å²) in [6.07, 6.45) is 0. The van der Waals surface area contributed by atoms with Crippen LogP contribution in [0.1, 0.15) is 23.0 Å². The molecule has 4 heteroatoms. The Balaban J connectivity index is 2.76. The summed E-state index contributed by atoms with van der Waals surface area (Å²) in [5.74, 6) is -0.279. The van der Waals surface area contributed by atoms with Crippen molar-refractivity contribution in [1.82, 2.24) is 4.37 Å². The van der Waals surface area contributed by atoms with Gasteiger partial charge in [-0.2, -0.15) is 4.37 Å². The van der Waals surface area contributed by atoms with E-state index in [2.05, 4.69) is 4.37 Å². The fourth-order valence-corrected chi connectivity index (χ4v) is 1.38. The van der Waals surface area contributed by atoms with Crippen LogP contribution in [0.2, 0.25) is 0 Å². The Hall–Kier alpha value is -0.900. The Morgan fingerprint density at radius 3 is 3.00 bits per heavy atom. The summed E-state index contributed by atoms with van der Waals surface area (Å²) in [6.45, 7) is 3.99. The Kier molecular flexibility index (Phi) is 2.59. The van der Waals surface area contributed by atoms with Crippen molar-refractivity contribution in [2.24, 2.45) is 0 Å². The van der Waals surface area contributed by atoms with Crippen LogP contribution in [0.25, 0.3) is 0 Å². The zero-order chi connectivity index (χ0) is 8.27. The van der Waals surface area contributed by atoms with Gasteiger partial charge in [-0.1, -0.05) is 0 Å². The normalized spacial score (nSPS) is 9.64. The molecule has 0 saturated heterocycles. The first-order valence-electron chi connectivity index (χ1n) is 3.33. The molecule has 0 amide bonds. The molecule has 0 radical (unpaired) electrons. The van der Waals surface area contributed by atoms with Gasteiger partial charge in [0.2, 0.25) is 0 Å². The topological polar surface area (TPSA) is 39.2 Å². The molecule has 0 aliphatic rings. The van der Waals surface area contributed by atoms with Crippen LogP contribution < -0.4 is 0 Å². The molecule has 1 heterocycles. The van der Waals surface area contributed by atoms with Crippen LogP contribution in [0.5, 0.6) is 0 Å². The smallest absolute Gasteiger partial charge is 0.340 e. The molecule has 60 valence electrons. The minimum Gasteiger partial charge on any atom is -0.462 e. The molecule has 1 aromatic heterocycles. The van der Waals surface area contributed by atoms with E-state index in [0.717, 1.165) is 5.69 Å². The number of esters is 1. The Morgan fingerprint density at radius 1 is 1.82 bits per heavy atom. The third-order valence-corrected chi connectivity index (χ3v) is 1.97. The van der Waals surface area contributed by atoms with Crippen LogP contribution in [0.4, 0.5) is 0 Å². The number of aryl methyl sites for hydroxylation is 1. The van der Waals surface area contributed by atoms with Gasteiger partial charge in [0.05, 0.1) is 17.9 Å². The van der Waals surface area contributed by atoms with Crippen molar-refractivity contribution in [2.75, 3.05) is 6.61 Å². The predicted molar refractivity (Wildman–Crippen MR) is 42.8 cm³/mol. The minimum atomic E-state index is -0.279. The molecule has 3 nitrogen and oxygen atoms in total. The molecule has 11 heavy (non-hydrogen) atoms. The highest BCUT2D eigenvalue weighted by Crippen LogP contribution is 2.09. The monoisotopic (exact) mass is 171 g/mol. The average Bonchev–Trinajstić information content (AvgIpc) is 2.36. The van der Waals surface area contributed by atoms with E-state index in [1.54, 1.807) is 19.2 Å². The number of ether oxygens (including phenoxy) is 1. The first-order valence-corrected chi connectivity index (χ1v) is 4.17. The first kappa shape index (κ1) is 8.20. The molecule has 0 N–H and O–H groups in total. The summed E-state index contributed by atoms with van der Waals surface area (Å²) >= 11 is 1.27. The molecule has 1 aromatic rings. The van der Waals surface area contributed by atoms with Gasteiger partial charge in [-0.3, -0.25) is 0 Å². The number of carbonyl (C=O) groups excluding carboxylic acids is 1. The van der Waals surface area contributed by atoms with Crippen molar-refractivity contribution < 1.29 is 9.53 Å². The lowest BCUT2D eigenvalue weighted by Crippen LogP contribution is -2.04. The van der Waals surface area contributed by atoms with Gasteiger partial charge in [0.25, 0.3) is 0 Å². The molecule has 0 unspecified atom stereocenters. The van der Waals surface area contributed by atoms with E-state index in [1.165, 1.54) is 11.5 Å². The zero-order valence-electron chi connectivity index (χ0n) is 6.46. The van der Waals surface area contributed by atoms with E-state index >= 15 is 0 Å². The molecular weight excluding hydrogens is 162 g/mol. The summed E-state index contributed by atoms with van der Waals surface area (Å²) in [7, 11) is 0. The maximum Gasteiger partial charge on any atom is 0.340 e. The van der Waals surface area contributed by atoms with Crippen LogP contribution in [0.3, 0.4) is 0 Å². The molecule has 0 aromatic carbocycles. The maximum atomic E-state index is 11.1. The molecule has 0 atom stereocenters. The molecule has 0 aliphatic carbocycles. The first-order chi connectivity index (χ1) is 5.25. The van der Waals surface area contributed by atoms with E-state index in [-0.39, 0.29) is 5.97 Å². The van der Waals surface area contributed by atoms with Crippen molar-refractivity contribution in [3.05, 3.63) is 16.6 Å². The van der Waals surface area contributed by atoms with E-state index in [1.807, 2.05) is 0 Å². The summed E-state index contributed by atoms with van der Waals surface area (Å²) < 4.78 is 8.76. The zero-order valence-corrected chi connectivity index (χ0v) is 7.27. The fourth-order valence-electron chi connectivity index (χ4n) is 0.697. The summed E-state index contributed by atoms with van der Waals surface area (Å²) in [5.41, 5.74) is 1.32. The SMILES string of the molecule is CCOC(=O)c1csnc1C. The van der Waals surface area contributed by atoms with Gasteiger partial charge in [-0.15, -0.1) is 0 Å². The van der Waals surface area contributed by atoms with Crippen LogP contribution >= 0.6 is 11.5 Å². The van der Waals surface area contributed by atoms with Gasteiger partial charge in [0.15, 0.2) is 0 Å². The fraction of sp³-hybridized carbons (Fsp3) is 0.429. The summed E-state index contributed by atoms with van der Waals surface area (Å²) in [6, 6.07) is 0. The number of hydrogen-bond acceptors (Lipinski definition) is 4. The Bertz CT molecular complexity index is 257. The number of hydrogen-bond donors (Lipinski definition) is 0. The second-order valence-corrected chi connectivity index (χ2v) is 2.66. The quantitative estimate of drug-likeness (QED) is 0.635. The van der Waals surface area contributed by atoms with E-state index < -0.39 is 0 Å². The van der Waals surface area contributed by atoms with Crippen molar-refractivity contribution in [3.8, 4) is 0 Å². The lowest BCUT2D eigenvalue weighted by Gasteiger charge is -1.97. The molecule has 0 spiro atoms. The van der Waals surface area contributed by atoms with Crippen molar-refractivity contribution in [2.45, 2.75) is 13.8 Å². The lowest BCUT2D eigenvalue weighted by molar-refractivity contribution is 0.0526. The summed E-state index contributed by atoms with van der Waals surface area (Å²) in [4.78, 5) is 11.1. The standard InChI is InChI=1S/C7H9NO2S/c1-3-10-7(9)6-4-11-8-5(6)2/h4H,3H2,1-2H3. The predicted octanol–water partition coefficient (Wildman–Crippen LogP) is 1.63. The molecule has 0 fully saturated rings. The van der Waals surface area contributed by atoms with Gasteiger partial charge in [-0.05, 0) is 25.4 Å². The van der Waals surface area contributed by atoms with Crippen LogP contribution in [-0.2, 0) is 4.74 Å². The number of aromatic nitrogens is 1. The van der Waals surface area contributed by atoms with E-state index in [0.29, 0.717) is 12.2 Å². The van der Waals surface area contributed by atoms with Crippen molar-refractivity contribution >= 4 is 17.5 Å². The minimum absolute atomic E-state index is 0.279. The van der Waals surface area contributed by atoms with Gasteiger partial charge in [0, 0.05) is 5.38 Å². The second-order valence-electron chi connectivity index (χ2n) is 2.03. The third kappa shape index (κ3) is 1.77. The van der Waals surface area contributed by atoms with Crippen LogP contribution in [0.15, 0.2) is 5.38 Å². The second kappa shape index (κ2) is 3.48. The average molecular weight is 171 g/mol. The van der Waals surface area contributed by atoms with Gasteiger partial charge >= 0.3 is 5.97 Å². The van der Waals surface area contributed by atoms with Gasteiger partial charge < -0.3 is 4.74 Å². The molecule has 1 rings (SSSR count). The van der Waals surface area contributed by atoms with E-state index in [4.69, 9.17) is 4.74 Å². The highest BCUT2D eigenvalue weighted by atomic mass is 32.1. The number of rotatable bonds is 2. The number of nitrogens with zero attached hydrogens (tertiary/aromatic N) is 1. The largest absolute Gasteiger partial charge is 0.462 e. The molecule has 0 saturated carbocycles. The van der Waals surface area contributed by atoms with Crippen LogP contribution in [-0.4, -0.2) is 16.9 Å². The molecular formula is C7H9NO2S. The van der Waals surface area contributed by atoms with Crippen molar-refractivity contribution in [1.29, 1.82) is 0 Å². The highest BCUT2D eigenvalue weighted by Gasteiger charge is 2.10. The third-order valence-electron chi connectivity index (χ3n) is 1.25. The van der Waals surface area contributed by atoms with Crippen molar-refractivity contribution in [3.63, 3.8) is 0 Å². The summed E-state index contributed by atoms with van der Waals surface area (Å²) in [5, 5.41) is 1.70. The Labute approximate surface area is 69.2 Å². The highest BCUT2D eigenvalue weighted by molar-refractivity contribution is 7.03. The molecule has 0 bridgehead atoms. The lowest BCUT2D eigenvalue weighted by atomic mass is 10.3.